The Labute approximate surface area is 139 Å². The molecule has 0 saturated carbocycles. The average molecular weight is 322 g/mol. The Kier molecular flexibility index (Phi) is 3.86. The van der Waals surface area contributed by atoms with Crippen LogP contribution < -0.4 is 5.32 Å². The summed E-state index contributed by atoms with van der Waals surface area (Å²) in [6.07, 6.45) is 7.95. The second kappa shape index (κ2) is 6.31. The number of imidazole rings is 1. The fraction of sp³-hybridized carbons (Fsp3) is 0.278. The molecule has 6 heteroatoms. The maximum atomic E-state index is 12.3. The van der Waals surface area contributed by atoms with Crippen molar-refractivity contribution < 1.29 is 9.21 Å². The number of nitrogens with one attached hydrogen (secondary N) is 1. The Morgan fingerprint density at radius 1 is 1.21 bits per heavy atom. The molecule has 4 rings (SSSR count). The third-order valence-electron chi connectivity index (χ3n) is 4.26. The monoisotopic (exact) mass is 322 g/mol. The van der Waals surface area contributed by atoms with Gasteiger partial charge in [-0.15, -0.1) is 0 Å². The normalized spacial score (nSPS) is 18.2. The molecule has 6 nitrogen and oxygen atoms in total. The first-order valence-electron chi connectivity index (χ1n) is 8.15. The summed E-state index contributed by atoms with van der Waals surface area (Å²) in [5.41, 5.74) is 1.55. The molecule has 0 bridgehead atoms. The fourth-order valence-corrected chi connectivity index (χ4v) is 3.04. The van der Waals surface area contributed by atoms with Crippen molar-refractivity contribution in [1.82, 2.24) is 19.9 Å². The van der Waals surface area contributed by atoms with E-state index in [0.29, 0.717) is 17.4 Å². The van der Waals surface area contributed by atoms with Crippen molar-refractivity contribution in [2.75, 3.05) is 6.54 Å². The standard InChI is InChI=1S/C18H18N4O2/c23-17-15(8-4-5-9-20-17)22-11-10-19-16(22)14-12-24-18(21-14)13-6-2-1-3-7-13/h1-3,6-7,10-12,15H,4-5,8-9H2,(H,20,23). The largest absolute Gasteiger partial charge is 0.444 e. The van der Waals surface area contributed by atoms with E-state index in [2.05, 4.69) is 15.3 Å². The van der Waals surface area contributed by atoms with Gasteiger partial charge in [0, 0.05) is 24.5 Å². The van der Waals surface area contributed by atoms with Crippen molar-refractivity contribution in [1.29, 1.82) is 0 Å². The van der Waals surface area contributed by atoms with Gasteiger partial charge >= 0.3 is 0 Å². The topological polar surface area (TPSA) is 73.0 Å². The second-order valence-corrected chi connectivity index (χ2v) is 5.86. The Morgan fingerprint density at radius 3 is 2.96 bits per heavy atom. The zero-order valence-corrected chi connectivity index (χ0v) is 13.2. The molecule has 0 spiro atoms. The minimum atomic E-state index is -0.248. The predicted molar refractivity (Wildman–Crippen MR) is 89.1 cm³/mol. The molecule has 1 atom stereocenters. The molecule has 1 N–H and O–H groups in total. The van der Waals surface area contributed by atoms with Crippen LogP contribution in [0.2, 0.25) is 0 Å². The van der Waals surface area contributed by atoms with Gasteiger partial charge in [0.25, 0.3) is 0 Å². The molecule has 1 aromatic carbocycles. The van der Waals surface area contributed by atoms with Gasteiger partial charge in [0.2, 0.25) is 11.8 Å². The Morgan fingerprint density at radius 2 is 2.08 bits per heavy atom. The molecule has 3 heterocycles. The maximum Gasteiger partial charge on any atom is 0.243 e. The molecule has 1 fully saturated rings. The van der Waals surface area contributed by atoms with Gasteiger partial charge < -0.3 is 14.3 Å². The Balaban J connectivity index is 1.68. The molecule has 3 aromatic rings. The van der Waals surface area contributed by atoms with Gasteiger partial charge in [0.1, 0.15) is 18.0 Å². The molecule has 1 aliphatic rings. The van der Waals surface area contributed by atoms with Crippen LogP contribution in [0.1, 0.15) is 25.3 Å². The molecule has 24 heavy (non-hydrogen) atoms. The lowest BCUT2D eigenvalue weighted by molar-refractivity contribution is -0.124. The van der Waals surface area contributed by atoms with E-state index >= 15 is 0 Å². The van der Waals surface area contributed by atoms with Crippen molar-refractivity contribution >= 4 is 5.91 Å². The van der Waals surface area contributed by atoms with Gasteiger partial charge in [-0.3, -0.25) is 4.79 Å². The highest BCUT2D eigenvalue weighted by molar-refractivity contribution is 5.81. The molecule has 0 aliphatic carbocycles. The van der Waals surface area contributed by atoms with Crippen LogP contribution in [0.25, 0.3) is 23.0 Å². The number of hydrogen-bond donors (Lipinski definition) is 1. The summed E-state index contributed by atoms with van der Waals surface area (Å²) in [6.45, 7) is 0.738. The van der Waals surface area contributed by atoms with E-state index in [1.807, 2.05) is 41.1 Å². The smallest absolute Gasteiger partial charge is 0.243 e. The lowest BCUT2D eigenvalue weighted by Crippen LogP contribution is -2.30. The van der Waals surface area contributed by atoms with E-state index in [1.165, 1.54) is 0 Å². The lowest BCUT2D eigenvalue weighted by Gasteiger charge is -2.16. The molecule has 1 aliphatic heterocycles. The Hall–Kier alpha value is -2.89. The number of oxazole rings is 1. The van der Waals surface area contributed by atoms with E-state index in [-0.39, 0.29) is 11.9 Å². The molecule has 2 aromatic heterocycles. The van der Waals surface area contributed by atoms with Crippen molar-refractivity contribution in [3.8, 4) is 23.0 Å². The minimum Gasteiger partial charge on any atom is -0.444 e. The first kappa shape index (κ1) is 14.7. The SMILES string of the molecule is O=C1NCCCCC1n1ccnc1-c1coc(-c2ccccc2)n1. The average Bonchev–Trinajstić information content (AvgIpc) is 3.23. The molecule has 0 radical (unpaired) electrons. The van der Waals surface area contributed by atoms with Crippen LogP contribution in [0.5, 0.6) is 0 Å². The molecular formula is C18H18N4O2. The number of benzene rings is 1. The van der Waals surface area contributed by atoms with Crippen LogP contribution in [0.15, 0.2) is 53.4 Å². The predicted octanol–water partition coefficient (Wildman–Crippen LogP) is 3.05. The highest BCUT2D eigenvalue weighted by Gasteiger charge is 2.25. The molecular weight excluding hydrogens is 304 g/mol. The minimum absolute atomic E-state index is 0.0403. The number of hydrogen-bond acceptors (Lipinski definition) is 4. The maximum absolute atomic E-state index is 12.3. The number of amides is 1. The van der Waals surface area contributed by atoms with Crippen LogP contribution in [0.4, 0.5) is 0 Å². The van der Waals surface area contributed by atoms with Gasteiger partial charge in [-0.25, -0.2) is 9.97 Å². The first-order chi connectivity index (χ1) is 11.8. The summed E-state index contributed by atoms with van der Waals surface area (Å²) in [5, 5.41) is 2.96. The van der Waals surface area contributed by atoms with Crippen molar-refractivity contribution in [2.45, 2.75) is 25.3 Å². The van der Waals surface area contributed by atoms with Crippen LogP contribution in [-0.4, -0.2) is 27.0 Å². The zero-order valence-electron chi connectivity index (χ0n) is 13.2. The molecule has 1 amide bonds. The number of carbonyl (C=O) groups excluding carboxylic acids is 1. The third kappa shape index (κ3) is 2.71. The summed E-state index contributed by atoms with van der Waals surface area (Å²) in [7, 11) is 0. The molecule has 122 valence electrons. The van der Waals surface area contributed by atoms with E-state index in [1.54, 1.807) is 12.5 Å². The summed E-state index contributed by atoms with van der Waals surface area (Å²) >= 11 is 0. The third-order valence-corrected chi connectivity index (χ3v) is 4.26. The highest BCUT2D eigenvalue weighted by Crippen LogP contribution is 2.27. The van der Waals surface area contributed by atoms with E-state index in [0.717, 1.165) is 31.4 Å². The van der Waals surface area contributed by atoms with E-state index in [9.17, 15) is 4.79 Å². The van der Waals surface area contributed by atoms with E-state index < -0.39 is 0 Å². The summed E-state index contributed by atoms with van der Waals surface area (Å²) in [6, 6.07) is 9.47. The highest BCUT2D eigenvalue weighted by atomic mass is 16.3. The molecule has 1 unspecified atom stereocenters. The summed E-state index contributed by atoms with van der Waals surface area (Å²) in [4.78, 5) is 21.3. The zero-order chi connectivity index (χ0) is 16.4. The lowest BCUT2D eigenvalue weighted by atomic mass is 10.1. The van der Waals surface area contributed by atoms with Crippen LogP contribution in [0.3, 0.4) is 0 Å². The fourth-order valence-electron chi connectivity index (χ4n) is 3.04. The van der Waals surface area contributed by atoms with E-state index in [4.69, 9.17) is 4.42 Å². The first-order valence-corrected chi connectivity index (χ1v) is 8.15. The van der Waals surface area contributed by atoms with Gasteiger partial charge in [0.05, 0.1) is 0 Å². The number of carbonyl (C=O) groups is 1. The van der Waals surface area contributed by atoms with Crippen molar-refractivity contribution in [3.63, 3.8) is 0 Å². The summed E-state index contributed by atoms with van der Waals surface area (Å²) < 4.78 is 7.50. The van der Waals surface area contributed by atoms with Gasteiger partial charge in [-0.1, -0.05) is 18.2 Å². The molecule has 1 saturated heterocycles. The summed E-state index contributed by atoms with van der Waals surface area (Å²) in [5.74, 6) is 1.24. The number of rotatable bonds is 3. The van der Waals surface area contributed by atoms with Gasteiger partial charge in [-0.05, 0) is 31.4 Å². The van der Waals surface area contributed by atoms with Crippen LogP contribution in [-0.2, 0) is 4.79 Å². The van der Waals surface area contributed by atoms with Crippen molar-refractivity contribution in [2.24, 2.45) is 0 Å². The van der Waals surface area contributed by atoms with Gasteiger partial charge in [0.15, 0.2) is 5.82 Å². The number of aromatic nitrogens is 3. The van der Waals surface area contributed by atoms with Crippen LogP contribution in [0, 0.1) is 0 Å². The Bertz CT molecular complexity index is 838. The number of nitrogens with zero attached hydrogens (tertiary/aromatic N) is 3. The van der Waals surface area contributed by atoms with Crippen LogP contribution >= 0.6 is 0 Å². The van der Waals surface area contributed by atoms with Crippen molar-refractivity contribution in [3.05, 3.63) is 49.0 Å². The second-order valence-electron chi connectivity index (χ2n) is 5.86. The van der Waals surface area contributed by atoms with Gasteiger partial charge in [-0.2, -0.15) is 0 Å². The quantitative estimate of drug-likeness (QED) is 0.804.